The summed E-state index contributed by atoms with van der Waals surface area (Å²) in [6, 6.07) is 14.3. The van der Waals surface area contributed by atoms with Crippen molar-refractivity contribution in [3.05, 3.63) is 70.9 Å². The van der Waals surface area contributed by atoms with Crippen molar-refractivity contribution >= 4 is 16.6 Å². The Morgan fingerprint density at radius 1 is 1.19 bits per heavy atom. The fourth-order valence-corrected chi connectivity index (χ4v) is 4.91. The molecule has 0 aliphatic carbocycles. The third-order valence-corrected chi connectivity index (χ3v) is 6.62. The smallest absolute Gasteiger partial charge is 0.212 e. The average molecular weight is 433 g/mol. The van der Waals surface area contributed by atoms with Gasteiger partial charge in [-0.25, -0.2) is 4.98 Å². The number of hydrogen-bond donors (Lipinski definition) is 1. The van der Waals surface area contributed by atoms with E-state index in [1.807, 2.05) is 30.5 Å². The van der Waals surface area contributed by atoms with Crippen molar-refractivity contribution < 1.29 is 19.4 Å². The summed E-state index contributed by atoms with van der Waals surface area (Å²) in [5.41, 5.74) is 4.09. The van der Waals surface area contributed by atoms with Crippen molar-refractivity contribution in [1.82, 2.24) is 9.88 Å². The van der Waals surface area contributed by atoms with Crippen LogP contribution in [0.1, 0.15) is 39.9 Å². The molecule has 2 atom stereocenters. The van der Waals surface area contributed by atoms with Crippen molar-refractivity contribution in [2.45, 2.75) is 38.0 Å². The van der Waals surface area contributed by atoms with Crippen molar-refractivity contribution in [2.75, 3.05) is 26.9 Å². The van der Waals surface area contributed by atoms with Crippen molar-refractivity contribution in [1.29, 1.82) is 0 Å². The number of methoxy groups -OCH3 is 1. The molecule has 0 bridgehead atoms. The van der Waals surface area contributed by atoms with Crippen LogP contribution in [0.25, 0.3) is 10.8 Å². The van der Waals surface area contributed by atoms with Crippen LogP contribution in [0.3, 0.4) is 0 Å². The minimum atomic E-state index is -0.378. The number of ketones is 1. The number of pyridine rings is 1. The molecule has 1 N–H and O–H groups in total. The van der Waals surface area contributed by atoms with E-state index in [1.54, 1.807) is 7.11 Å². The molecule has 6 heteroatoms. The van der Waals surface area contributed by atoms with Crippen LogP contribution in [-0.4, -0.2) is 59.8 Å². The maximum atomic E-state index is 13.3. The first-order chi connectivity index (χ1) is 15.6. The molecule has 32 heavy (non-hydrogen) atoms. The molecule has 2 aliphatic heterocycles. The van der Waals surface area contributed by atoms with Crippen molar-refractivity contribution in [3.8, 4) is 5.88 Å². The Balaban J connectivity index is 1.51. The lowest BCUT2D eigenvalue weighted by molar-refractivity contribution is 0.0558. The predicted octanol–water partition coefficient (Wildman–Crippen LogP) is 3.37. The molecule has 6 nitrogen and oxygen atoms in total. The molecule has 0 unspecified atom stereocenters. The van der Waals surface area contributed by atoms with Gasteiger partial charge < -0.3 is 14.6 Å². The summed E-state index contributed by atoms with van der Waals surface area (Å²) >= 11 is 0. The molecule has 2 aromatic carbocycles. The van der Waals surface area contributed by atoms with Gasteiger partial charge in [0.1, 0.15) is 0 Å². The fourth-order valence-electron chi connectivity index (χ4n) is 4.91. The second-order valence-electron chi connectivity index (χ2n) is 8.73. The van der Waals surface area contributed by atoms with E-state index >= 15 is 0 Å². The lowest BCUT2D eigenvalue weighted by atomic mass is 9.87. The summed E-state index contributed by atoms with van der Waals surface area (Å²) in [5.74, 6) is 0.719. The van der Waals surface area contributed by atoms with Gasteiger partial charge in [0.2, 0.25) is 5.88 Å². The van der Waals surface area contributed by atoms with Gasteiger partial charge in [0.05, 0.1) is 26.4 Å². The van der Waals surface area contributed by atoms with E-state index < -0.39 is 0 Å². The molecule has 0 radical (unpaired) electrons. The maximum absolute atomic E-state index is 13.3. The first kappa shape index (κ1) is 21.1. The highest BCUT2D eigenvalue weighted by Gasteiger charge is 2.32. The highest BCUT2D eigenvalue weighted by atomic mass is 16.5. The van der Waals surface area contributed by atoms with Crippen LogP contribution in [0, 0.1) is 0 Å². The van der Waals surface area contributed by atoms with Crippen LogP contribution in [0.4, 0.5) is 0 Å². The average Bonchev–Trinajstić information content (AvgIpc) is 3.04. The molecule has 1 saturated heterocycles. The molecule has 5 rings (SSSR count). The van der Waals surface area contributed by atoms with E-state index in [4.69, 9.17) is 9.47 Å². The number of ether oxygens (including phenoxy) is 2. The Hall–Kier alpha value is -2.80. The van der Waals surface area contributed by atoms with Gasteiger partial charge in [-0.1, -0.05) is 30.3 Å². The third kappa shape index (κ3) is 4.13. The number of aliphatic hydroxyl groups is 1. The highest BCUT2D eigenvalue weighted by Crippen LogP contribution is 2.33. The number of hydrogen-bond acceptors (Lipinski definition) is 6. The Morgan fingerprint density at radius 2 is 2.03 bits per heavy atom. The van der Waals surface area contributed by atoms with Crippen LogP contribution < -0.4 is 4.74 Å². The quantitative estimate of drug-likeness (QED) is 0.682. The minimum Gasteiger partial charge on any atom is -0.481 e. The zero-order chi connectivity index (χ0) is 22.1. The first-order valence-corrected chi connectivity index (χ1v) is 11.2. The maximum Gasteiger partial charge on any atom is 0.212 e. The molecular formula is C26H28N2O4. The molecule has 2 aliphatic rings. The SMILES string of the molecule is COc1ccc(Cc2cc3c(c4ccccc24)CN([C@H]2COCC[C@H](O)C2)CC3=O)cn1. The Morgan fingerprint density at radius 3 is 2.81 bits per heavy atom. The summed E-state index contributed by atoms with van der Waals surface area (Å²) in [7, 11) is 1.61. The molecule has 3 aromatic rings. The van der Waals surface area contributed by atoms with Crippen LogP contribution in [0.15, 0.2) is 48.7 Å². The highest BCUT2D eigenvalue weighted by molar-refractivity contribution is 6.05. The zero-order valence-electron chi connectivity index (χ0n) is 18.3. The second-order valence-corrected chi connectivity index (χ2v) is 8.73. The molecular weight excluding hydrogens is 404 g/mol. The van der Waals surface area contributed by atoms with Crippen molar-refractivity contribution in [3.63, 3.8) is 0 Å². The topological polar surface area (TPSA) is 71.9 Å². The van der Waals surface area contributed by atoms with Gasteiger partial charge in [0.15, 0.2) is 5.78 Å². The van der Waals surface area contributed by atoms with E-state index in [2.05, 4.69) is 28.1 Å². The lowest BCUT2D eigenvalue weighted by Gasteiger charge is -2.35. The number of nitrogens with zero attached hydrogens (tertiary/aromatic N) is 2. The second kappa shape index (κ2) is 8.98. The van der Waals surface area contributed by atoms with Gasteiger partial charge in [0.25, 0.3) is 0 Å². The number of rotatable bonds is 4. The number of aliphatic hydroxyl groups excluding tert-OH is 1. The van der Waals surface area contributed by atoms with Gasteiger partial charge in [-0.2, -0.15) is 0 Å². The standard InChI is InChI=1S/C26H28N2O4/c1-31-26-7-6-17(13-27-26)10-18-11-23-24(22-5-3-2-4-21(18)22)14-28(15-25(23)30)19-12-20(29)8-9-32-16-19/h2-7,11,13,19-20,29H,8-10,12,14-16H2,1H3/t19-,20+/m1/s1. The molecule has 0 saturated carbocycles. The number of benzene rings is 2. The lowest BCUT2D eigenvalue weighted by Crippen LogP contribution is -2.45. The van der Waals surface area contributed by atoms with Gasteiger partial charge in [-0.05, 0) is 52.8 Å². The van der Waals surface area contributed by atoms with E-state index in [0.29, 0.717) is 51.4 Å². The number of Topliss-reactive ketones (excluding diaryl/α,β-unsaturated/α-hetero) is 1. The first-order valence-electron chi connectivity index (χ1n) is 11.2. The van der Waals surface area contributed by atoms with Crippen LogP contribution in [0.2, 0.25) is 0 Å². The van der Waals surface area contributed by atoms with Crippen LogP contribution in [-0.2, 0) is 17.7 Å². The van der Waals surface area contributed by atoms with E-state index in [0.717, 1.165) is 33.0 Å². The van der Waals surface area contributed by atoms with Gasteiger partial charge >= 0.3 is 0 Å². The van der Waals surface area contributed by atoms with E-state index in [-0.39, 0.29) is 17.9 Å². The fraction of sp³-hybridized carbons (Fsp3) is 0.385. The molecule has 1 aromatic heterocycles. The molecule has 0 spiro atoms. The number of aromatic nitrogens is 1. The summed E-state index contributed by atoms with van der Waals surface area (Å²) < 4.78 is 10.9. The summed E-state index contributed by atoms with van der Waals surface area (Å²) in [6.07, 6.45) is 3.44. The summed E-state index contributed by atoms with van der Waals surface area (Å²) in [6.45, 7) is 2.17. The number of carbonyl (C=O) groups is 1. The Labute approximate surface area is 187 Å². The van der Waals surface area contributed by atoms with Crippen LogP contribution >= 0.6 is 0 Å². The van der Waals surface area contributed by atoms with Crippen LogP contribution in [0.5, 0.6) is 5.88 Å². The Bertz CT molecular complexity index is 1130. The molecule has 166 valence electrons. The minimum absolute atomic E-state index is 0.0495. The summed E-state index contributed by atoms with van der Waals surface area (Å²) in [4.78, 5) is 19.8. The number of fused-ring (bicyclic) bond motifs is 3. The normalized spacial score (nSPS) is 21.9. The van der Waals surface area contributed by atoms with Gasteiger partial charge in [0, 0.05) is 37.0 Å². The predicted molar refractivity (Wildman–Crippen MR) is 122 cm³/mol. The molecule has 3 heterocycles. The van der Waals surface area contributed by atoms with Crippen molar-refractivity contribution in [2.24, 2.45) is 0 Å². The van der Waals surface area contributed by atoms with Gasteiger partial charge in [-0.3, -0.25) is 9.69 Å². The number of carbonyl (C=O) groups excluding carboxylic acids is 1. The Kier molecular flexibility index (Phi) is 5.91. The monoisotopic (exact) mass is 432 g/mol. The summed E-state index contributed by atoms with van der Waals surface area (Å²) in [5, 5.41) is 12.5. The van der Waals surface area contributed by atoms with E-state index in [9.17, 15) is 9.90 Å². The van der Waals surface area contributed by atoms with E-state index in [1.165, 1.54) is 0 Å². The zero-order valence-corrected chi connectivity index (χ0v) is 18.3. The molecule has 1 fully saturated rings. The largest absolute Gasteiger partial charge is 0.481 e. The third-order valence-electron chi connectivity index (χ3n) is 6.62. The molecule has 0 amide bonds. The van der Waals surface area contributed by atoms with Gasteiger partial charge in [-0.15, -0.1) is 0 Å².